The molecule has 0 unspecified atom stereocenters. The predicted molar refractivity (Wildman–Crippen MR) is 75.5 cm³/mol. The van der Waals surface area contributed by atoms with E-state index in [-0.39, 0.29) is 23.5 Å². The van der Waals surface area contributed by atoms with E-state index in [2.05, 4.69) is 10.6 Å². The van der Waals surface area contributed by atoms with Crippen molar-refractivity contribution in [2.75, 3.05) is 0 Å². The van der Waals surface area contributed by atoms with Gasteiger partial charge in [0, 0.05) is 18.2 Å². The third kappa shape index (κ3) is 3.85. The fourth-order valence-corrected chi connectivity index (χ4v) is 2.80. The molecular formula is C14H16ClFN2O3. The van der Waals surface area contributed by atoms with E-state index >= 15 is 0 Å². The van der Waals surface area contributed by atoms with Gasteiger partial charge in [0.1, 0.15) is 5.82 Å². The third-order valence-electron chi connectivity index (χ3n) is 3.65. The van der Waals surface area contributed by atoms with Crippen molar-refractivity contribution in [3.8, 4) is 0 Å². The van der Waals surface area contributed by atoms with Gasteiger partial charge < -0.3 is 15.7 Å². The van der Waals surface area contributed by atoms with Crippen LogP contribution in [0, 0.1) is 11.7 Å². The summed E-state index contributed by atoms with van der Waals surface area (Å²) in [6.07, 6.45) is 0.903. The summed E-state index contributed by atoms with van der Waals surface area (Å²) < 4.78 is 13.7. The number of carboxylic acid groups (broad SMARTS) is 1. The predicted octanol–water partition coefficient (Wildman–Crippen LogP) is 2.53. The van der Waals surface area contributed by atoms with Crippen molar-refractivity contribution in [1.82, 2.24) is 10.6 Å². The molecule has 3 N–H and O–H groups in total. The quantitative estimate of drug-likeness (QED) is 0.799. The normalized spacial score (nSPS) is 21.0. The molecule has 0 radical (unpaired) electrons. The van der Waals surface area contributed by atoms with Crippen LogP contribution in [-0.4, -0.2) is 23.1 Å². The molecule has 0 bridgehead atoms. The van der Waals surface area contributed by atoms with Crippen LogP contribution in [-0.2, 0) is 11.3 Å². The molecular weight excluding hydrogens is 299 g/mol. The summed E-state index contributed by atoms with van der Waals surface area (Å²) in [5, 5.41) is 13.7. The largest absolute Gasteiger partial charge is 0.465 e. The summed E-state index contributed by atoms with van der Waals surface area (Å²) in [6.45, 7) is 0.0293. The molecule has 1 aromatic carbocycles. The van der Waals surface area contributed by atoms with Crippen LogP contribution in [0.15, 0.2) is 18.2 Å². The van der Waals surface area contributed by atoms with Crippen LogP contribution in [0.5, 0.6) is 0 Å². The summed E-state index contributed by atoms with van der Waals surface area (Å²) in [5.41, 5.74) is 0.302. The van der Waals surface area contributed by atoms with E-state index in [1.54, 1.807) is 12.1 Å². The molecule has 0 spiro atoms. The van der Waals surface area contributed by atoms with Crippen LogP contribution in [0.25, 0.3) is 0 Å². The monoisotopic (exact) mass is 314 g/mol. The molecule has 0 aromatic heterocycles. The number of hydrogen-bond acceptors (Lipinski definition) is 2. The van der Waals surface area contributed by atoms with Gasteiger partial charge >= 0.3 is 6.09 Å². The van der Waals surface area contributed by atoms with Crippen molar-refractivity contribution >= 4 is 23.6 Å². The molecule has 2 rings (SSSR count). The Labute approximate surface area is 126 Å². The van der Waals surface area contributed by atoms with Crippen molar-refractivity contribution in [3.63, 3.8) is 0 Å². The van der Waals surface area contributed by atoms with Gasteiger partial charge in [-0.2, -0.15) is 0 Å². The second kappa shape index (κ2) is 6.76. The van der Waals surface area contributed by atoms with Crippen LogP contribution in [0.1, 0.15) is 24.8 Å². The molecule has 0 aliphatic heterocycles. The Balaban J connectivity index is 1.95. The molecule has 21 heavy (non-hydrogen) atoms. The van der Waals surface area contributed by atoms with E-state index in [1.165, 1.54) is 6.07 Å². The molecule has 0 heterocycles. The Kier molecular flexibility index (Phi) is 5.01. The van der Waals surface area contributed by atoms with Crippen molar-refractivity contribution < 1.29 is 19.1 Å². The van der Waals surface area contributed by atoms with Gasteiger partial charge in [0.15, 0.2) is 0 Å². The second-order valence-electron chi connectivity index (χ2n) is 5.02. The van der Waals surface area contributed by atoms with E-state index in [9.17, 15) is 14.0 Å². The first kappa shape index (κ1) is 15.6. The van der Waals surface area contributed by atoms with E-state index in [0.29, 0.717) is 18.4 Å². The first-order chi connectivity index (χ1) is 9.99. The molecule has 1 aromatic rings. The topological polar surface area (TPSA) is 78.4 Å². The second-order valence-corrected chi connectivity index (χ2v) is 5.43. The molecule has 114 valence electrons. The molecule has 7 heteroatoms. The third-order valence-corrected chi connectivity index (χ3v) is 3.94. The van der Waals surface area contributed by atoms with Crippen LogP contribution < -0.4 is 10.6 Å². The van der Waals surface area contributed by atoms with Crippen LogP contribution in [0.2, 0.25) is 5.02 Å². The highest BCUT2D eigenvalue weighted by Crippen LogP contribution is 2.26. The first-order valence-electron chi connectivity index (χ1n) is 6.69. The zero-order valence-electron chi connectivity index (χ0n) is 11.2. The minimum Gasteiger partial charge on any atom is -0.465 e. The number of carbonyl (C=O) groups is 2. The molecule has 1 saturated carbocycles. The van der Waals surface area contributed by atoms with Crippen molar-refractivity contribution in [2.45, 2.75) is 31.8 Å². The average Bonchev–Trinajstić information content (AvgIpc) is 2.87. The van der Waals surface area contributed by atoms with E-state index in [4.69, 9.17) is 16.7 Å². The van der Waals surface area contributed by atoms with Gasteiger partial charge in [0.2, 0.25) is 5.91 Å². The highest BCUT2D eigenvalue weighted by atomic mass is 35.5. The molecule has 2 atom stereocenters. The summed E-state index contributed by atoms with van der Waals surface area (Å²) in [5.74, 6) is -1.24. The number of benzene rings is 1. The Hall–Kier alpha value is -1.82. The lowest BCUT2D eigenvalue weighted by Gasteiger charge is -2.19. The van der Waals surface area contributed by atoms with Gasteiger partial charge in [0.05, 0.1) is 10.9 Å². The number of hydrogen-bond donors (Lipinski definition) is 3. The summed E-state index contributed by atoms with van der Waals surface area (Å²) >= 11 is 5.67. The van der Waals surface area contributed by atoms with Crippen molar-refractivity contribution in [1.29, 1.82) is 0 Å². The van der Waals surface area contributed by atoms with Gasteiger partial charge in [0.25, 0.3) is 0 Å². The Morgan fingerprint density at radius 3 is 2.86 bits per heavy atom. The van der Waals surface area contributed by atoms with E-state index in [1.807, 2.05) is 0 Å². The maximum Gasteiger partial charge on any atom is 0.404 e. The fraction of sp³-hybridized carbons (Fsp3) is 0.429. The number of amides is 2. The lowest BCUT2D eigenvalue weighted by Crippen LogP contribution is -2.43. The maximum atomic E-state index is 13.7. The van der Waals surface area contributed by atoms with Crippen LogP contribution in [0.3, 0.4) is 0 Å². The molecule has 5 nitrogen and oxygen atoms in total. The number of rotatable bonds is 4. The summed E-state index contributed by atoms with van der Waals surface area (Å²) in [7, 11) is 0. The lowest BCUT2D eigenvalue weighted by atomic mass is 10.0. The van der Waals surface area contributed by atoms with Crippen LogP contribution in [0.4, 0.5) is 9.18 Å². The Morgan fingerprint density at radius 2 is 2.14 bits per heavy atom. The van der Waals surface area contributed by atoms with Gasteiger partial charge in [-0.3, -0.25) is 4.79 Å². The maximum absolute atomic E-state index is 13.7. The smallest absolute Gasteiger partial charge is 0.404 e. The Morgan fingerprint density at radius 1 is 1.38 bits per heavy atom. The van der Waals surface area contributed by atoms with Crippen molar-refractivity contribution in [3.05, 3.63) is 34.6 Å². The highest BCUT2D eigenvalue weighted by molar-refractivity contribution is 6.30. The molecule has 1 aliphatic carbocycles. The number of halogens is 2. The SMILES string of the molecule is O=C(O)N[C@H]1CCC[C@@H]1C(=O)NCc1cccc(Cl)c1F. The minimum atomic E-state index is -1.14. The van der Waals surface area contributed by atoms with E-state index in [0.717, 1.165) is 6.42 Å². The van der Waals surface area contributed by atoms with Crippen LogP contribution >= 0.6 is 11.6 Å². The molecule has 0 saturated heterocycles. The standard InChI is InChI=1S/C14H16ClFN2O3/c15-10-5-1-3-8(12(10)16)7-17-13(19)9-4-2-6-11(9)18-14(20)21/h1,3,5,9,11,18H,2,4,6-7H2,(H,17,19)(H,20,21)/t9-,11-/m0/s1. The number of carbonyl (C=O) groups excluding carboxylic acids is 1. The van der Waals surface area contributed by atoms with E-state index < -0.39 is 17.8 Å². The van der Waals surface area contributed by atoms with Gasteiger partial charge in [-0.25, -0.2) is 9.18 Å². The average molecular weight is 315 g/mol. The van der Waals surface area contributed by atoms with Gasteiger partial charge in [-0.1, -0.05) is 30.2 Å². The highest BCUT2D eigenvalue weighted by Gasteiger charge is 2.33. The minimum absolute atomic E-state index is 0.00744. The van der Waals surface area contributed by atoms with Gasteiger partial charge in [-0.05, 0) is 18.9 Å². The summed E-state index contributed by atoms with van der Waals surface area (Å²) in [4.78, 5) is 22.8. The lowest BCUT2D eigenvalue weighted by molar-refractivity contribution is -0.125. The fourth-order valence-electron chi connectivity index (χ4n) is 2.60. The van der Waals surface area contributed by atoms with Crippen molar-refractivity contribution in [2.24, 2.45) is 5.92 Å². The number of nitrogens with one attached hydrogen (secondary N) is 2. The summed E-state index contributed by atoms with van der Waals surface area (Å²) in [6, 6.07) is 4.21. The van der Waals surface area contributed by atoms with Gasteiger partial charge in [-0.15, -0.1) is 0 Å². The Bertz CT molecular complexity index is 553. The zero-order valence-corrected chi connectivity index (χ0v) is 12.0. The molecule has 1 fully saturated rings. The first-order valence-corrected chi connectivity index (χ1v) is 7.07. The molecule has 2 amide bonds. The zero-order chi connectivity index (χ0) is 15.4. The molecule has 1 aliphatic rings.